The molecule has 0 bridgehead atoms. The number of aromatic amines is 1. The molecule has 0 spiro atoms. The van der Waals surface area contributed by atoms with E-state index < -0.39 is 5.41 Å². The first-order chi connectivity index (χ1) is 12.6. The number of rotatable bonds is 5. The average molecular weight is 352 g/mol. The van der Waals surface area contributed by atoms with Crippen molar-refractivity contribution in [2.75, 3.05) is 11.9 Å². The summed E-state index contributed by atoms with van der Waals surface area (Å²) in [4.78, 5) is 31.5. The van der Waals surface area contributed by atoms with Gasteiger partial charge in [0.15, 0.2) is 5.65 Å². The van der Waals surface area contributed by atoms with E-state index in [1.54, 1.807) is 4.68 Å². The SMILES string of the molecule is NC(=O)C1(CNc2nc3c(cnn3-c3ccccc3)c(=O)[nH]2)CCCC1. The Morgan fingerprint density at radius 2 is 2.00 bits per heavy atom. The molecule has 1 amide bonds. The molecule has 3 aromatic rings. The highest BCUT2D eigenvalue weighted by Crippen LogP contribution is 2.37. The monoisotopic (exact) mass is 352 g/mol. The van der Waals surface area contributed by atoms with Crippen LogP contribution in [0.5, 0.6) is 0 Å². The fourth-order valence-electron chi connectivity index (χ4n) is 3.58. The van der Waals surface area contributed by atoms with Gasteiger partial charge in [0, 0.05) is 6.54 Å². The maximum atomic E-state index is 12.4. The Balaban J connectivity index is 1.68. The minimum absolute atomic E-state index is 0.278. The van der Waals surface area contributed by atoms with Gasteiger partial charge in [-0.15, -0.1) is 0 Å². The lowest BCUT2D eigenvalue weighted by molar-refractivity contribution is -0.126. The molecular formula is C18H20N6O2. The average Bonchev–Trinajstić information content (AvgIpc) is 3.29. The second-order valence-corrected chi connectivity index (χ2v) is 6.75. The van der Waals surface area contributed by atoms with Gasteiger partial charge in [0.2, 0.25) is 11.9 Å². The van der Waals surface area contributed by atoms with Gasteiger partial charge in [0.05, 0.1) is 17.3 Å². The number of nitrogens with one attached hydrogen (secondary N) is 2. The van der Waals surface area contributed by atoms with Crippen LogP contribution in [0.15, 0.2) is 41.3 Å². The zero-order chi connectivity index (χ0) is 18.1. The fourth-order valence-corrected chi connectivity index (χ4v) is 3.58. The molecule has 4 N–H and O–H groups in total. The van der Waals surface area contributed by atoms with E-state index >= 15 is 0 Å². The van der Waals surface area contributed by atoms with Gasteiger partial charge in [-0.2, -0.15) is 10.1 Å². The lowest BCUT2D eigenvalue weighted by Gasteiger charge is -2.25. The number of fused-ring (bicyclic) bond motifs is 1. The minimum atomic E-state index is -0.576. The Morgan fingerprint density at radius 3 is 2.69 bits per heavy atom. The van der Waals surface area contributed by atoms with Crippen LogP contribution in [0.4, 0.5) is 5.95 Å². The highest BCUT2D eigenvalue weighted by Gasteiger charge is 2.39. The zero-order valence-corrected chi connectivity index (χ0v) is 14.2. The molecule has 2 aromatic heterocycles. The molecule has 4 rings (SSSR count). The summed E-state index contributed by atoms with van der Waals surface area (Å²) >= 11 is 0. The van der Waals surface area contributed by atoms with Crippen LogP contribution in [0.1, 0.15) is 25.7 Å². The fraction of sp³-hybridized carbons (Fsp3) is 0.333. The molecule has 26 heavy (non-hydrogen) atoms. The third-order valence-electron chi connectivity index (χ3n) is 5.12. The van der Waals surface area contributed by atoms with Crippen LogP contribution in [0.3, 0.4) is 0 Å². The number of nitrogens with two attached hydrogens (primary N) is 1. The van der Waals surface area contributed by atoms with Crippen molar-refractivity contribution in [3.05, 3.63) is 46.9 Å². The van der Waals surface area contributed by atoms with Gasteiger partial charge in [0.1, 0.15) is 5.39 Å². The summed E-state index contributed by atoms with van der Waals surface area (Å²) in [6.07, 6.45) is 4.97. The number of hydrogen-bond acceptors (Lipinski definition) is 5. The third-order valence-corrected chi connectivity index (χ3v) is 5.12. The molecular weight excluding hydrogens is 332 g/mol. The first kappa shape index (κ1) is 16.3. The summed E-state index contributed by atoms with van der Waals surface area (Å²) < 4.78 is 1.62. The van der Waals surface area contributed by atoms with Gasteiger partial charge in [-0.3, -0.25) is 14.6 Å². The number of anilines is 1. The number of hydrogen-bond donors (Lipinski definition) is 3. The van der Waals surface area contributed by atoms with Crippen molar-refractivity contribution >= 4 is 22.9 Å². The summed E-state index contributed by atoms with van der Waals surface area (Å²) in [7, 11) is 0. The minimum Gasteiger partial charge on any atom is -0.369 e. The van der Waals surface area contributed by atoms with Gasteiger partial charge in [-0.1, -0.05) is 31.0 Å². The van der Waals surface area contributed by atoms with Crippen molar-refractivity contribution in [3.63, 3.8) is 0 Å². The van der Waals surface area contributed by atoms with E-state index in [-0.39, 0.29) is 11.5 Å². The zero-order valence-electron chi connectivity index (χ0n) is 14.2. The molecule has 1 aliphatic carbocycles. The van der Waals surface area contributed by atoms with Crippen LogP contribution >= 0.6 is 0 Å². The molecule has 8 nitrogen and oxygen atoms in total. The second-order valence-electron chi connectivity index (χ2n) is 6.75. The third kappa shape index (κ3) is 2.73. The van der Waals surface area contributed by atoms with E-state index in [4.69, 9.17) is 5.73 Å². The lowest BCUT2D eigenvalue weighted by atomic mass is 9.85. The summed E-state index contributed by atoms with van der Waals surface area (Å²) in [5.74, 6) is 0.00737. The van der Waals surface area contributed by atoms with Crippen LogP contribution in [0.25, 0.3) is 16.7 Å². The van der Waals surface area contributed by atoms with Crippen LogP contribution in [-0.4, -0.2) is 32.2 Å². The molecule has 1 fully saturated rings. The summed E-state index contributed by atoms with van der Waals surface area (Å²) in [6, 6.07) is 9.48. The van der Waals surface area contributed by atoms with E-state index in [0.717, 1.165) is 31.4 Å². The molecule has 0 saturated heterocycles. The normalized spacial score (nSPS) is 16.0. The Labute approximate surface area is 149 Å². The topological polar surface area (TPSA) is 119 Å². The van der Waals surface area contributed by atoms with E-state index in [1.165, 1.54) is 6.20 Å². The van der Waals surface area contributed by atoms with E-state index in [9.17, 15) is 9.59 Å². The summed E-state index contributed by atoms with van der Waals surface area (Å²) in [5.41, 5.74) is 6.04. The van der Waals surface area contributed by atoms with Crippen LogP contribution in [-0.2, 0) is 4.79 Å². The molecule has 0 unspecified atom stereocenters. The van der Waals surface area contributed by atoms with Crippen molar-refractivity contribution in [2.45, 2.75) is 25.7 Å². The smallest absolute Gasteiger partial charge is 0.263 e. The van der Waals surface area contributed by atoms with Crippen molar-refractivity contribution in [1.29, 1.82) is 0 Å². The second kappa shape index (κ2) is 6.29. The highest BCUT2D eigenvalue weighted by atomic mass is 16.1. The number of amides is 1. The Kier molecular flexibility index (Phi) is 3.95. The summed E-state index contributed by atoms with van der Waals surface area (Å²) in [5, 5.41) is 7.79. The largest absolute Gasteiger partial charge is 0.369 e. The van der Waals surface area contributed by atoms with E-state index in [0.29, 0.717) is 23.5 Å². The predicted molar refractivity (Wildman–Crippen MR) is 98.1 cm³/mol. The van der Waals surface area contributed by atoms with E-state index in [1.807, 2.05) is 30.3 Å². The van der Waals surface area contributed by atoms with Crippen molar-refractivity contribution in [3.8, 4) is 5.69 Å². The number of carbonyl (C=O) groups is 1. The van der Waals surface area contributed by atoms with Gasteiger partial charge in [-0.25, -0.2) is 4.68 Å². The predicted octanol–water partition coefficient (Wildman–Crippen LogP) is 1.57. The summed E-state index contributed by atoms with van der Waals surface area (Å²) in [6.45, 7) is 0.357. The highest BCUT2D eigenvalue weighted by molar-refractivity contribution is 5.82. The van der Waals surface area contributed by atoms with Gasteiger partial charge in [-0.05, 0) is 25.0 Å². The Hall–Kier alpha value is -3.16. The molecule has 0 atom stereocenters. The van der Waals surface area contributed by atoms with Gasteiger partial charge < -0.3 is 11.1 Å². The number of carbonyl (C=O) groups excluding carboxylic acids is 1. The number of para-hydroxylation sites is 1. The van der Waals surface area contributed by atoms with Crippen LogP contribution in [0, 0.1) is 5.41 Å². The number of benzene rings is 1. The molecule has 8 heteroatoms. The number of H-pyrrole nitrogens is 1. The molecule has 1 aromatic carbocycles. The van der Waals surface area contributed by atoms with Gasteiger partial charge in [0.25, 0.3) is 5.56 Å². The van der Waals surface area contributed by atoms with Crippen molar-refractivity contribution in [1.82, 2.24) is 19.7 Å². The Bertz CT molecular complexity index is 1000. The number of aromatic nitrogens is 4. The maximum Gasteiger partial charge on any atom is 0.263 e. The number of primary amides is 1. The molecule has 1 saturated carbocycles. The molecule has 2 heterocycles. The first-order valence-corrected chi connectivity index (χ1v) is 8.66. The quantitative estimate of drug-likeness (QED) is 0.644. The van der Waals surface area contributed by atoms with E-state index in [2.05, 4.69) is 20.4 Å². The van der Waals surface area contributed by atoms with Crippen molar-refractivity contribution in [2.24, 2.45) is 11.1 Å². The van der Waals surface area contributed by atoms with Gasteiger partial charge >= 0.3 is 0 Å². The molecule has 134 valence electrons. The van der Waals surface area contributed by atoms with Crippen LogP contribution in [0.2, 0.25) is 0 Å². The maximum absolute atomic E-state index is 12.4. The van der Waals surface area contributed by atoms with Crippen LogP contribution < -0.4 is 16.6 Å². The molecule has 0 aliphatic heterocycles. The number of nitrogens with zero attached hydrogens (tertiary/aromatic N) is 3. The molecule has 0 radical (unpaired) electrons. The Morgan fingerprint density at radius 1 is 1.27 bits per heavy atom. The van der Waals surface area contributed by atoms with Crippen molar-refractivity contribution < 1.29 is 4.79 Å². The molecule has 1 aliphatic rings. The standard InChI is InChI=1S/C18H20N6O2/c19-16(26)18(8-4-5-9-18)11-20-17-22-14-13(15(25)23-17)10-21-24(14)12-6-2-1-3-7-12/h1-3,6-7,10H,4-5,8-9,11H2,(H2,19,26)(H2,20,22,23,25). The lowest BCUT2D eigenvalue weighted by Crippen LogP contribution is -2.40. The first-order valence-electron chi connectivity index (χ1n) is 8.66.